The normalized spacial score (nSPS) is 10.8. The molecule has 0 saturated carbocycles. The fourth-order valence-corrected chi connectivity index (χ4v) is 2.02. The Labute approximate surface area is 92.7 Å². The van der Waals surface area contributed by atoms with Crippen LogP contribution in [0.4, 0.5) is 0 Å². The van der Waals surface area contributed by atoms with Crippen molar-refractivity contribution in [3.63, 3.8) is 0 Å². The van der Waals surface area contributed by atoms with Gasteiger partial charge in [0.2, 0.25) is 0 Å². The number of hydrogen-bond acceptors (Lipinski definition) is 1. The second-order valence-corrected chi connectivity index (χ2v) is 4.70. The average molecular weight is 201 g/mol. The summed E-state index contributed by atoms with van der Waals surface area (Å²) in [7, 11) is 0. The van der Waals surface area contributed by atoms with Gasteiger partial charge in [-0.25, -0.2) is 0 Å². The summed E-state index contributed by atoms with van der Waals surface area (Å²) < 4.78 is 0. The van der Waals surface area contributed by atoms with E-state index >= 15 is 0 Å². The highest BCUT2D eigenvalue weighted by Gasteiger charge is 2.12. The van der Waals surface area contributed by atoms with E-state index in [0.29, 0.717) is 11.8 Å². The molecule has 0 aliphatic heterocycles. The van der Waals surface area contributed by atoms with Gasteiger partial charge in [0.15, 0.2) is 0 Å². The molecule has 0 unspecified atom stereocenters. The minimum Gasteiger partial charge on any atom is -0.192 e. The van der Waals surface area contributed by atoms with Gasteiger partial charge in [0.25, 0.3) is 0 Å². The average Bonchev–Trinajstić information content (AvgIpc) is 2.17. The van der Waals surface area contributed by atoms with Crippen LogP contribution in [0.2, 0.25) is 0 Å². The molecule has 1 heteroatoms. The molecule has 0 amide bonds. The summed E-state index contributed by atoms with van der Waals surface area (Å²) in [6.07, 6.45) is 0. The molecule has 0 aliphatic rings. The Morgan fingerprint density at radius 2 is 1.40 bits per heavy atom. The lowest BCUT2D eigenvalue weighted by Crippen LogP contribution is -2.00. The zero-order valence-electron chi connectivity index (χ0n) is 10.3. The quantitative estimate of drug-likeness (QED) is 0.706. The summed E-state index contributed by atoms with van der Waals surface area (Å²) in [5.41, 5.74) is 4.74. The monoisotopic (exact) mass is 201 g/mol. The molecule has 1 aromatic carbocycles. The van der Waals surface area contributed by atoms with Crippen LogP contribution in [0.25, 0.3) is 0 Å². The molecule has 0 bridgehead atoms. The molecule has 15 heavy (non-hydrogen) atoms. The van der Waals surface area contributed by atoms with E-state index in [2.05, 4.69) is 40.7 Å². The van der Waals surface area contributed by atoms with E-state index in [4.69, 9.17) is 5.26 Å². The first kappa shape index (κ1) is 11.8. The fourth-order valence-electron chi connectivity index (χ4n) is 2.02. The standard InChI is InChI=1S/C14H19N/c1-9(2)13-6-12(8-15)7-14(10(3)4)11(13)5/h6-7,9-10H,1-5H3. The van der Waals surface area contributed by atoms with Crippen LogP contribution in [-0.2, 0) is 0 Å². The van der Waals surface area contributed by atoms with E-state index in [0.717, 1.165) is 5.56 Å². The lowest BCUT2D eigenvalue weighted by molar-refractivity contribution is 0.816. The van der Waals surface area contributed by atoms with Gasteiger partial charge in [0.05, 0.1) is 11.6 Å². The van der Waals surface area contributed by atoms with E-state index in [9.17, 15) is 0 Å². The summed E-state index contributed by atoms with van der Waals surface area (Å²) in [5, 5.41) is 8.99. The van der Waals surface area contributed by atoms with E-state index in [1.165, 1.54) is 16.7 Å². The molecule has 0 aliphatic carbocycles. The van der Waals surface area contributed by atoms with Gasteiger partial charge in [-0.15, -0.1) is 0 Å². The van der Waals surface area contributed by atoms with Crippen molar-refractivity contribution >= 4 is 0 Å². The second-order valence-electron chi connectivity index (χ2n) is 4.70. The zero-order valence-corrected chi connectivity index (χ0v) is 10.3. The summed E-state index contributed by atoms with van der Waals surface area (Å²) >= 11 is 0. The van der Waals surface area contributed by atoms with Crippen LogP contribution in [0.5, 0.6) is 0 Å². The van der Waals surface area contributed by atoms with Gasteiger partial charge in [0, 0.05) is 0 Å². The highest BCUT2D eigenvalue weighted by atomic mass is 14.2. The summed E-state index contributed by atoms with van der Waals surface area (Å²) in [4.78, 5) is 0. The van der Waals surface area contributed by atoms with Crippen molar-refractivity contribution in [2.75, 3.05) is 0 Å². The molecule has 0 heterocycles. The Morgan fingerprint density at radius 3 is 1.67 bits per heavy atom. The molecule has 0 N–H and O–H groups in total. The maximum atomic E-state index is 8.99. The molecular formula is C14H19N. The van der Waals surface area contributed by atoms with Crippen molar-refractivity contribution in [3.8, 4) is 6.07 Å². The molecule has 0 aromatic heterocycles. The molecule has 1 rings (SSSR count). The highest BCUT2D eigenvalue weighted by Crippen LogP contribution is 2.28. The Balaban J connectivity index is 3.42. The molecule has 0 fully saturated rings. The Hall–Kier alpha value is -1.29. The predicted molar refractivity (Wildman–Crippen MR) is 64.1 cm³/mol. The van der Waals surface area contributed by atoms with Crippen LogP contribution in [0, 0.1) is 18.3 Å². The largest absolute Gasteiger partial charge is 0.192 e. The second kappa shape index (κ2) is 4.49. The molecule has 1 aromatic rings. The van der Waals surface area contributed by atoms with Crippen LogP contribution >= 0.6 is 0 Å². The van der Waals surface area contributed by atoms with Crippen LogP contribution in [0.3, 0.4) is 0 Å². The van der Waals surface area contributed by atoms with Crippen molar-refractivity contribution in [1.82, 2.24) is 0 Å². The Kier molecular flexibility index (Phi) is 3.52. The van der Waals surface area contributed by atoms with Gasteiger partial charge in [-0.3, -0.25) is 0 Å². The summed E-state index contributed by atoms with van der Waals surface area (Å²) in [6.45, 7) is 10.9. The van der Waals surface area contributed by atoms with Gasteiger partial charge in [0.1, 0.15) is 0 Å². The smallest absolute Gasteiger partial charge is 0.0991 e. The zero-order chi connectivity index (χ0) is 11.6. The van der Waals surface area contributed by atoms with E-state index in [-0.39, 0.29) is 0 Å². The van der Waals surface area contributed by atoms with Crippen LogP contribution < -0.4 is 0 Å². The van der Waals surface area contributed by atoms with Crippen LogP contribution in [0.15, 0.2) is 12.1 Å². The van der Waals surface area contributed by atoms with Crippen molar-refractivity contribution in [2.24, 2.45) is 0 Å². The third-order valence-electron chi connectivity index (χ3n) is 2.86. The van der Waals surface area contributed by atoms with E-state index in [1.807, 2.05) is 12.1 Å². The lowest BCUT2D eigenvalue weighted by Gasteiger charge is -2.17. The maximum absolute atomic E-state index is 8.99. The van der Waals surface area contributed by atoms with E-state index < -0.39 is 0 Å². The van der Waals surface area contributed by atoms with Crippen LogP contribution in [-0.4, -0.2) is 0 Å². The van der Waals surface area contributed by atoms with Crippen molar-refractivity contribution in [2.45, 2.75) is 46.5 Å². The van der Waals surface area contributed by atoms with Gasteiger partial charge < -0.3 is 0 Å². The molecule has 0 atom stereocenters. The fraction of sp³-hybridized carbons (Fsp3) is 0.500. The predicted octanol–water partition coefficient (Wildman–Crippen LogP) is 4.11. The van der Waals surface area contributed by atoms with E-state index in [1.54, 1.807) is 0 Å². The molecule has 0 spiro atoms. The molecular weight excluding hydrogens is 182 g/mol. The van der Waals surface area contributed by atoms with Gasteiger partial charge in [-0.1, -0.05) is 27.7 Å². The third-order valence-corrected chi connectivity index (χ3v) is 2.86. The van der Waals surface area contributed by atoms with Gasteiger partial charge in [-0.2, -0.15) is 5.26 Å². The first-order valence-electron chi connectivity index (χ1n) is 5.52. The first-order valence-corrected chi connectivity index (χ1v) is 5.52. The third kappa shape index (κ3) is 2.39. The van der Waals surface area contributed by atoms with Gasteiger partial charge in [-0.05, 0) is 47.6 Å². The Morgan fingerprint density at radius 1 is 1.00 bits per heavy atom. The number of nitriles is 1. The lowest BCUT2D eigenvalue weighted by atomic mass is 9.88. The molecule has 80 valence electrons. The number of rotatable bonds is 2. The SMILES string of the molecule is Cc1c(C(C)C)cc(C#N)cc1C(C)C. The first-order chi connectivity index (χ1) is 6.97. The maximum Gasteiger partial charge on any atom is 0.0991 e. The van der Waals surface area contributed by atoms with Crippen molar-refractivity contribution in [1.29, 1.82) is 5.26 Å². The minimum atomic E-state index is 0.482. The number of benzene rings is 1. The molecule has 0 saturated heterocycles. The highest BCUT2D eigenvalue weighted by molar-refractivity contribution is 5.45. The molecule has 1 nitrogen and oxygen atoms in total. The van der Waals surface area contributed by atoms with Crippen molar-refractivity contribution in [3.05, 3.63) is 34.4 Å². The van der Waals surface area contributed by atoms with Crippen LogP contribution in [0.1, 0.15) is 61.8 Å². The summed E-state index contributed by atoms with van der Waals surface area (Å²) in [6, 6.07) is 6.28. The topological polar surface area (TPSA) is 23.8 Å². The summed E-state index contributed by atoms with van der Waals surface area (Å²) in [5.74, 6) is 0.964. The molecule has 0 radical (unpaired) electrons. The minimum absolute atomic E-state index is 0.482. The van der Waals surface area contributed by atoms with Gasteiger partial charge >= 0.3 is 0 Å². The Bertz CT molecular complexity index is 365. The number of hydrogen-bond donors (Lipinski definition) is 0. The van der Waals surface area contributed by atoms with Crippen molar-refractivity contribution < 1.29 is 0 Å². The number of nitrogens with zero attached hydrogens (tertiary/aromatic N) is 1.